The minimum absolute atomic E-state index is 0.00837. The SMILES string of the molecule is COc1ccc(C2NNC3CC4NC(=O)N([C@H](C)c5cccc(Cl)c5)CC4CC32)cn1. The van der Waals surface area contributed by atoms with Crippen LogP contribution in [0.1, 0.15) is 43.0 Å². The molecule has 3 aliphatic rings. The fourth-order valence-corrected chi connectivity index (χ4v) is 5.62. The summed E-state index contributed by atoms with van der Waals surface area (Å²) in [7, 11) is 1.63. The van der Waals surface area contributed by atoms with Crippen LogP contribution in [0.2, 0.25) is 5.02 Å². The molecule has 1 aromatic heterocycles. The van der Waals surface area contributed by atoms with E-state index in [0.717, 1.165) is 30.5 Å². The fourth-order valence-electron chi connectivity index (χ4n) is 5.42. The number of methoxy groups -OCH3 is 1. The molecule has 2 aliphatic heterocycles. The Morgan fingerprint density at radius 2 is 2.06 bits per heavy atom. The van der Waals surface area contributed by atoms with Gasteiger partial charge in [-0.2, -0.15) is 0 Å². The van der Waals surface area contributed by atoms with Gasteiger partial charge in [-0.1, -0.05) is 29.8 Å². The molecule has 0 radical (unpaired) electrons. The van der Waals surface area contributed by atoms with E-state index in [-0.39, 0.29) is 24.2 Å². The number of amides is 2. The second-order valence-electron chi connectivity index (χ2n) is 8.84. The Morgan fingerprint density at radius 1 is 1.19 bits per heavy atom. The van der Waals surface area contributed by atoms with Crippen molar-refractivity contribution in [1.82, 2.24) is 26.1 Å². The monoisotopic (exact) mass is 441 g/mol. The minimum Gasteiger partial charge on any atom is -0.481 e. The third kappa shape index (κ3) is 3.86. The summed E-state index contributed by atoms with van der Waals surface area (Å²) in [6.07, 6.45) is 3.85. The highest BCUT2D eigenvalue weighted by molar-refractivity contribution is 6.30. The van der Waals surface area contributed by atoms with E-state index in [1.807, 2.05) is 41.4 Å². The number of pyridine rings is 1. The minimum atomic E-state index is -0.0289. The summed E-state index contributed by atoms with van der Waals surface area (Å²) < 4.78 is 5.20. The number of aromatic nitrogens is 1. The second-order valence-corrected chi connectivity index (χ2v) is 9.28. The first-order chi connectivity index (χ1) is 15.0. The predicted molar refractivity (Wildman–Crippen MR) is 119 cm³/mol. The standard InChI is InChI=1S/C23H28ClN5O2/c1-13(14-4-3-5-17(24)8-14)29-12-16-9-18-20(10-19(16)26-23(29)30)27-28-22(18)15-6-7-21(31-2)25-11-15/h3-8,11,13,16,18-20,22,27-28H,9-10,12H2,1-2H3,(H,26,30)/t13-,16?,18?,19?,20?,22?/m1/s1. The maximum atomic E-state index is 12.9. The largest absolute Gasteiger partial charge is 0.481 e. The van der Waals surface area contributed by atoms with Crippen LogP contribution in [0.15, 0.2) is 42.6 Å². The van der Waals surface area contributed by atoms with Gasteiger partial charge in [-0.25, -0.2) is 15.2 Å². The van der Waals surface area contributed by atoms with E-state index in [2.05, 4.69) is 34.1 Å². The van der Waals surface area contributed by atoms with Gasteiger partial charge in [-0.05, 0) is 54.9 Å². The van der Waals surface area contributed by atoms with Crippen molar-refractivity contribution in [3.05, 3.63) is 58.7 Å². The summed E-state index contributed by atoms with van der Waals surface area (Å²) >= 11 is 6.18. The highest BCUT2D eigenvalue weighted by Crippen LogP contribution is 2.42. The van der Waals surface area contributed by atoms with Crippen LogP contribution in [0.5, 0.6) is 5.88 Å². The maximum absolute atomic E-state index is 12.9. The number of rotatable bonds is 4. The predicted octanol–water partition coefficient (Wildman–Crippen LogP) is 3.44. The van der Waals surface area contributed by atoms with Crippen molar-refractivity contribution in [2.24, 2.45) is 11.8 Å². The molecule has 5 rings (SSSR count). The molecule has 1 aliphatic carbocycles. The number of nitrogens with zero attached hydrogens (tertiary/aromatic N) is 2. The van der Waals surface area contributed by atoms with Gasteiger partial charge in [0, 0.05) is 35.9 Å². The van der Waals surface area contributed by atoms with Crippen molar-refractivity contribution in [3.8, 4) is 5.88 Å². The van der Waals surface area contributed by atoms with E-state index in [0.29, 0.717) is 28.8 Å². The summed E-state index contributed by atoms with van der Waals surface area (Å²) in [5, 5.41) is 3.97. The third-order valence-corrected chi connectivity index (χ3v) is 7.38. The summed E-state index contributed by atoms with van der Waals surface area (Å²) in [6.45, 7) is 2.82. The highest BCUT2D eigenvalue weighted by Gasteiger charge is 2.48. The van der Waals surface area contributed by atoms with Gasteiger partial charge >= 0.3 is 6.03 Å². The molecular formula is C23H28ClN5O2. The first-order valence-corrected chi connectivity index (χ1v) is 11.2. The van der Waals surface area contributed by atoms with Crippen molar-refractivity contribution in [1.29, 1.82) is 0 Å². The van der Waals surface area contributed by atoms with Gasteiger partial charge in [-0.15, -0.1) is 0 Å². The smallest absolute Gasteiger partial charge is 0.318 e. The summed E-state index contributed by atoms with van der Waals surface area (Å²) in [6, 6.07) is 12.5. The van der Waals surface area contributed by atoms with Crippen LogP contribution < -0.4 is 20.9 Å². The first-order valence-electron chi connectivity index (χ1n) is 10.9. The Labute approximate surface area is 187 Å². The quantitative estimate of drug-likeness (QED) is 0.677. The molecule has 8 heteroatoms. The number of benzene rings is 1. The van der Waals surface area contributed by atoms with Gasteiger partial charge in [0.1, 0.15) is 0 Å². The van der Waals surface area contributed by atoms with Crippen LogP contribution in [0.4, 0.5) is 4.79 Å². The van der Waals surface area contributed by atoms with Gasteiger partial charge in [0.05, 0.1) is 19.2 Å². The Morgan fingerprint density at radius 3 is 2.81 bits per heavy atom. The molecular weight excluding hydrogens is 414 g/mol. The zero-order valence-electron chi connectivity index (χ0n) is 17.7. The van der Waals surface area contributed by atoms with E-state index < -0.39 is 0 Å². The van der Waals surface area contributed by atoms with E-state index in [9.17, 15) is 4.79 Å². The molecule has 31 heavy (non-hydrogen) atoms. The molecule has 0 spiro atoms. The molecule has 1 saturated carbocycles. The van der Waals surface area contributed by atoms with Crippen molar-refractivity contribution in [2.75, 3.05) is 13.7 Å². The lowest BCUT2D eigenvalue weighted by molar-refractivity contribution is 0.0835. The van der Waals surface area contributed by atoms with Crippen LogP contribution in [0.25, 0.3) is 0 Å². The second kappa shape index (κ2) is 8.30. The third-order valence-electron chi connectivity index (χ3n) is 7.15. The van der Waals surface area contributed by atoms with Crippen LogP contribution in [0.3, 0.4) is 0 Å². The zero-order valence-corrected chi connectivity index (χ0v) is 18.5. The Bertz CT molecular complexity index is 955. The van der Waals surface area contributed by atoms with E-state index >= 15 is 0 Å². The average Bonchev–Trinajstić information content (AvgIpc) is 3.19. The highest BCUT2D eigenvalue weighted by atomic mass is 35.5. The molecule has 3 N–H and O–H groups in total. The van der Waals surface area contributed by atoms with Crippen LogP contribution in [0, 0.1) is 11.8 Å². The molecule has 6 atom stereocenters. The number of carbonyl (C=O) groups is 1. The number of carbonyl (C=O) groups excluding carboxylic acids is 1. The number of hydrogen-bond acceptors (Lipinski definition) is 5. The molecule has 3 heterocycles. The first kappa shape index (κ1) is 20.5. The van der Waals surface area contributed by atoms with Crippen LogP contribution in [-0.2, 0) is 0 Å². The fraction of sp³-hybridized carbons (Fsp3) is 0.478. The zero-order chi connectivity index (χ0) is 21.5. The van der Waals surface area contributed by atoms with E-state index in [4.69, 9.17) is 16.3 Å². The molecule has 2 aromatic rings. The van der Waals surface area contributed by atoms with E-state index in [1.165, 1.54) is 0 Å². The van der Waals surface area contributed by atoms with Gasteiger partial charge in [0.25, 0.3) is 0 Å². The van der Waals surface area contributed by atoms with Crippen LogP contribution in [-0.4, -0.2) is 41.7 Å². The average molecular weight is 442 g/mol. The lowest BCUT2D eigenvalue weighted by Gasteiger charge is -2.47. The number of urea groups is 1. The number of fused-ring (bicyclic) bond motifs is 2. The summed E-state index contributed by atoms with van der Waals surface area (Å²) in [4.78, 5) is 19.2. The Balaban J connectivity index is 1.32. The Kier molecular flexibility index (Phi) is 5.50. The number of nitrogens with one attached hydrogen (secondary N) is 3. The number of hydrogen-bond donors (Lipinski definition) is 3. The lowest BCUT2D eigenvalue weighted by Crippen LogP contribution is -2.61. The van der Waals surface area contributed by atoms with Gasteiger partial charge in [0.2, 0.25) is 5.88 Å². The molecule has 3 fully saturated rings. The topological polar surface area (TPSA) is 78.5 Å². The lowest BCUT2D eigenvalue weighted by atomic mass is 9.71. The van der Waals surface area contributed by atoms with Crippen molar-refractivity contribution in [3.63, 3.8) is 0 Å². The number of halogens is 1. The summed E-state index contributed by atoms with van der Waals surface area (Å²) in [5.74, 6) is 1.46. The van der Waals surface area contributed by atoms with E-state index in [1.54, 1.807) is 7.11 Å². The normalized spacial score (nSPS) is 30.9. The number of hydrazine groups is 1. The van der Waals surface area contributed by atoms with Gasteiger partial charge < -0.3 is 15.0 Å². The summed E-state index contributed by atoms with van der Waals surface area (Å²) in [5.41, 5.74) is 9.14. The molecule has 7 nitrogen and oxygen atoms in total. The van der Waals surface area contributed by atoms with Gasteiger partial charge in [0.15, 0.2) is 0 Å². The molecule has 2 amide bonds. The van der Waals surface area contributed by atoms with Crippen molar-refractivity contribution >= 4 is 17.6 Å². The molecule has 0 bridgehead atoms. The molecule has 164 valence electrons. The molecule has 1 aromatic carbocycles. The number of ether oxygens (including phenoxy) is 1. The van der Waals surface area contributed by atoms with Crippen molar-refractivity contribution in [2.45, 2.75) is 43.9 Å². The Hall–Kier alpha value is -2.35. The van der Waals surface area contributed by atoms with Crippen LogP contribution >= 0.6 is 11.6 Å². The van der Waals surface area contributed by atoms with Crippen molar-refractivity contribution < 1.29 is 9.53 Å². The van der Waals surface area contributed by atoms with Gasteiger partial charge in [-0.3, -0.25) is 5.43 Å². The molecule has 2 saturated heterocycles. The molecule has 5 unspecified atom stereocenters. The maximum Gasteiger partial charge on any atom is 0.318 e.